The van der Waals surface area contributed by atoms with Gasteiger partial charge in [-0.15, -0.1) is 0 Å². The first-order valence-electron chi connectivity index (χ1n) is 6.07. The largest absolute Gasteiger partial charge is 0.326 e. The van der Waals surface area contributed by atoms with Gasteiger partial charge in [0.15, 0.2) is 0 Å². The van der Waals surface area contributed by atoms with Gasteiger partial charge in [0.1, 0.15) is 0 Å². The number of aromatic nitrogens is 1. The van der Waals surface area contributed by atoms with E-state index in [4.69, 9.17) is 5.73 Å². The third kappa shape index (κ3) is 2.60. The van der Waals surface area contributed by atoms with Crippen molar-refractivity contribution < 1.29 is 0 Å². The minimum atomic E-state index is 0.360. The molecule has 1 atom stereocenters. The molecule has 0 saturated carbocycles. The molecule has 0 aromatic carbocycles. The van der Waals surface area contributed by atoms with E-state index in [0.717, 1.165) is 26.1 Å². The number of hydrogen-bond donors (Lipinski definition) is 1. The van der Waals surface area contributed by atoms with Gasteiger partial charge in [-0.2, -0.15) is 0 Å². The third-order valence-electron chi connectivity index (χ3n) is 3.27. The Morgan fingerprint density at radius 1 is 1.56 bits per heavy atom. The van der Waals surface area contributed by atoms with Crippen LogP contribution in [-0.4, -0.2) is 29.0 Å². The number of nitrogens with two attached hydrogens (primary N) is 1. The van der Waals surface area contributed by atoms with Crippen LogP contribution < -0.4 is 5.73 Å². The second-order valence-corrected chi connectivity index (χ2v) is 5.01. The Bertz CT molecular complexity index is 349. The molecule has 1 unspecified atom stereocenters. The Kier molecular flexibility index (Phi) is 3.56. The smallest absolute Gasteiger partial charge is 0.0315 e. The first-order valence-corrected chi connectivity index (χ1v) is 6.07. The van der Waals surface area contributed by atoms with Crippen LogP contribution in [0.2, 0.25) is 0 Å². The van der Waals surface area contributed by atoms with Crippen LogP contribution in [0.3, 0.4) is 0 Å². The average molecular weight is 219 g/mol. The summed E-state index contributed by atoms with van der Waals surface area (Å²) >= 11 is 0. The summed E-state index contributed by atoms with van der Waals surface area (Å²) in [5.41, 5.74) is 8.69. The maximum absolute atomic E-state index is 5.92. The van der Waals surface area contributed by atoms with Gasteiger partial charge >= 0.3 is 0 Å². The summed E-state index contributed by atoms with van der Waals surface area (Å²) in [4.78, 5) is 6.66. The molecule has 1 aromatic rings. The molecule has 2 N–H and O–H groups in total. The van der Waals surface area contributed by atoms with Crippen molar-refractivity contribution in [2.45, 2.75) is 38.8 Å². The fourth-order valence-corrected chi connectivity index (χ4v) is 2.38. The first-order chi connectivity index (χ1) is 7.66. The number of pyridine rings is 1. The van der Waals surface area contributed by atoms with E-state index in [9.17, 15) is 0 Å². The monoisotopic (exact) mass is 219 g/mol. The molecule has 3 nitrogen and oxygen atoms in total. The van der Waals surface area contributed by atoms with Crippen LogP contribution in [0, 0.1) is 0 Å². The van der Waals surface area contributed by atoms with Gasteiger partial charge in [-0.1, -0.05) is 13.8 Å². The van der Waals surface area contributed by atoms with E-state index in [2.05, 4.69) is 29.8 Å². The van der Waals surface area contributed by atoms with Gasteiger partial charge in [0, 0.05) is 38.1 Å². The molecule has 0 spiro atoms. The molecule has 1 fully saturated rings. The fraction of sp³-hybridized carbons (Fsp3) is 0.615. The molecule has 3 heteroatoms. The van der Waals surface area contributed by atoms with E-state index in [1.165, 1.54) is 11.1 Å². The Balaban J connectivity index is 2.09. The highest BCUT2D eigenvalue weighted by molar-refractivity contribution is 5.26. The molecule has 1 saturated heterocycles. The van der Waals surface area contributed by atoms with Crippen LogP contribution in [0.5, 0.6) is 0 Å². The van der Waals surface area contributed by atoms with Crippen LogP contribution in [0.25, 0.3) is 0 Å². The first kappa shape index (κ1) is 11.6. The topological polar surface area (TPSA) is 42.2 Å². The van der Waals surface area contributed by atoms with Gasteiger partial charge in [0.2, 0.25) is 0 Å². The van der Waals surface area contributed by atoms with E-state index < -0.39 is 0 Å². The zero-order valence-corrected chi connectivity index (χ0v) is 10.2. The minimum Gasteiger partial charge on any atom is -0.326 e. The Morgan fingerprint density at radius 3 is 3.00 bits per heavy atom. The highest BCUT2D eigenvalue weighted by atomic mass is 15.2. The molecule has 16 heavy (non-hydrogen) atoms. The summed E-state index contributed by atoms with van der Waals surface area (Å²) in [6, 6.07) is 2.50. The van der Waals surface area contributed by atoms with Crippen molar-refractivity contribution in [3.8, 4) is 0 Å². The maximum Gasteiger partial charge on any atom is 0.0315 e. The highest BCUT2D eigenvalue weighted by Crippen LogP contribution is 2.21. The summed E-state index contributed by atoms with van der Waals surface area (Å²) < 4.78 is 0. The molecular weight excluding hydrogens is 198 g/mol. The van der Waals surface area contributed by atoms with Crippen molar-refractivity contribution in [2.75, 3.05) is 13.1 Å². The van der Waals surface area contributed by atoms with E-state index in [1.807, 2.05) is 12.4 Å². The van der Waals surface area contributed by atoms with Gasteiger partial charge in [-0.05, 0) is 29.5 Å². The number of hydrogen-bond acceptors (Lipinski definition) is 3. The molecule has 1 aliphatic rings. The van der Waals surface area contributed by atoms with Crippen molar-refractivity contribution in [2.24, 2.45) is 5.73 Å². The maximum atomic E-state index is 5.92. The van der Waals surface area contributed by atoms with Gasteiger partial charge in [-0.3, -0.25) is 9.88 Å². The minimum absolute atomic E-state index is 0.360. The molecule has 0 bridgehead atoms. The number of likely N-dealkylation sites (tertiary alicyclic amines) is 1. The summed E-state index contributed by atoms with van der Waals surface area (Å²) in [7, 11) is 0. The molecule has 88 valence electrons. The van der Waals surface area contributed by atoms with Crippen molar-refractivity contribution in [1.82, 2.24) is 9.88 Å². The van der Waals surface area contributed by atoms with Crippen molar-refractivity contribution >= 4 is 0 Å². The van der Waals surface area contributed by atoms with Crippen LogP contribution in [0.1, 0.15) is 37.3 Å². The zero-order valence-electron chi connectivity index (χ0n) is 10.2. The zero-order chi connectivity index (χ0) is 11.5. The second-order valence-electron chi connectivity index (χ2n) is 5.01. The number of nitrogens with zero attached hydrogens (tertiary/aromatic N) is 2. The van der Waals surface area contributed by atoms with Crippen LogP contribution in [0.15, 0.2) is 18.5 Å². The fourth-order valence-electron chi connectivity index (χ4n) is 2.38. The van der Waals surface area contributed by atoms with E-state index in [-0.39, 0.29) is 0 Å². The lowest BCUT2D eigenvalue weighted by Crippen LogP contribution is -2.26. The second kappa shape index (κ2) is 4.93. The molecule has 0 radical (unpaired) electrons. The SMILES string of the molecule is CC(C)c1ccncc1CN1CCC(N)C1. The van der Waals surface area contributed by atoms with E-state index in [1.54, 1.807) is 0 Å². The van der Waals surface area contributed by atoms with Gasteiger partial charge in [0.25, 0.3) is 0 Å². The summed E-state index contributed by atoms with van der Waals surface area (Å²) in [5.74, 6) is 0.564. The lowest BCUT2D eigenvalue weighted by atomic mass is 9.99. The summed E-state index contributed by atoms with van der Waals surface area (Å²) in [5, 5.41) is 0. The van der Waals surface area contributed by atoms with Gasteiger partial charge in [-0.25, -0.2) is 0 Å². The Labute approximate surface area is 97.7 Å². The third-order valence-corrected chi connectivity index (χ3v) is 3.27. The van der Waals surface area contributed by atoms with Crippen molar-refractivity contribution in [3.63, 3.8) is 0 Å². The Morgan fingerprint density at radius 2 is 2.38 bits per heavy atom. The molecule has 2 rings (SSSR count). The van der Waals surface area contributed by atoms with Crippen LogP contribution in [-0.2, 0) is 6.54 Å². The molecule has 0 amide bonds. The molecule has 0 aliphatic carbocycles. The van der Waals surface area contributed by atoms with Crippen molar-refractivity contribution in [3.05, 3.63) is 29.6 Å². The van der Waals surface area contributed by atoms with E-state index >= 15 is 0 Å². The molecular formula is C13H21N3. The average Bonchev–Trinajstić information content (AvgIpc) is 2.64. The molecule has 1 aliphatic heterocycles. The lowest BCUT2D eigenvalue weighted by molar-refractivity contribution is 0.325. The summed E-state index contributed by atoms with van der Waals surface area (Å²) in [6.07, 6.45) is 5.00. The normalized spacial score (nSPS) is 21.9. The summed E-state index contributed by atoms with van der Waals surface area (Å²) in [6.45, 7) is 7.60. The molecule has 1 aromatic heterocycles. The van der Waals surface area contributed by atoms with E-state index in [0.29, 0.717) is 12.0 Å². The van der Waals surface area contributed by atoms with Crippen LogP contribution in [0.4, 0.5) is 0 Å². The highest BCUT2D eigenvalue weighted by Gasteiger charge is 2.20. The van der Waals surface area contributed by atoms with Gasteiger partial charge in [0.05, 0.1) is 0 Å². The van der Waals surface area contributed by atoms with Crippen LogP contribution >= 0.6 is 0 Å². The molecule has 2 heterocycles. The lowest BCUT2D eigenvalue weighted by Gasteiger charge is -2.18. The number of rotatable bonds is 3. The van der Waals surface area contributed by atoms with Gasteiger partial charge < -0.3 is 5.73 Å². The quantitative estimate of drug-likeness (QED) is 0.842. The standard InChI is InChI=1S/C13H21N3/c1-10(2)13-3-5-15-7-11(13)8-16-6-4-12(14)9-16/h3,5,7,10,12H,4,6,8-9,14H2,1-2H3. The Hall–Kier alpha value is -0.930. The van der Waals surface area contributed by atoms with Crippen molar-refractivity contribution in [1.29, 1.82) is 0 Å². The predicted octanol–water partition coefficient (Wildman–Crippen LogP) is 1.74. The predicted molar refractivity (Wildman–Crippen MR) is 66.2 cm³/mol.